The van der Waals surface area contributed by atoms with Crippen molar-refractivity contribution >= 4 is 5.97 Å². The van der Waals surface area contributed by atoms with Crippen molar-refractivity contribution in [3.63, 3.8) is 0 Å². The largest absolute Gasteiger partial charge is 0.481 e. The Morgan fingerprint density at radius 3 is 2.76 bits per heavy atom. The van der Waals surface area contributed by atoms with Crippen LogP contribution in [0.3, 0.4) is 0 Å². The number of carbonyl (C=O) groups is 1. The van der Waals surface area contributed by atoms with Gasteiger partial charge in [0.1, 0.15) is 5.82 Å². The molecule has 1 aromatic carbocycles. The average molecular weight is 293 g/mol. The number of halogens is 1. The molecule has 0 amide bonds. The summed E-state index contributed by atoms with van der Waals surface area (Å²) < 4.78 is 12.9. The minimum absolute atomic E-state index is 0.219. The lowest BCUT2D eigenvalue weighted by Crippen LogP contribution is -2.27. The standard InChI is InChI=1S/C17H24FNO2/c1-2-3-4-16(17(20)21)14-9-10-19(12-14)11-13-5-7-15(18)8-6-13/h5-8,14,16H,2-4,9-12H2,1H3,(H,20,21)/t14-,16?/m0/s1. The van der Waals surface area contributed by atoms with Crippen molar-refractivity contribution in [2.24, 2.45) is 11.8 Å². The van der Waals surface area contributed by atoms with Crippen LogP contribution in [0.2, 0.25) is 0 Å². The summed E-state index contributed by atoms with van der Waals surface area (Å²) in [4.78, 5) is 13.7. The molecule has 3 nitrogen and oxygen atoms in total. The first-order chi connectivity index (χ1) is 10.1. The number of hydrogen-bond acceptors (Lipinski definition) is 2. The van der Waals surface area contributed by atoms with E-state index in [0.29, 0.717) is 0 Å². The van der Waals surface area contributed by atoms with Gasteiger partial charge in [0, 0.05) is 13.1 Å². The molecule has 1 aliphatic heterocycles. The Kier molecular flexibility index (Phi) is 5.74. The second-order valence-electron chi connectivity index (χ2n) is 6.00. The summed E-state index contributed by atoms with van der Waals surface area (Å²) in [6.45, 7) is 4.63. The first-order valence-electron chi connectivity index (χ1n) is 7.79. The summed E-state index contributed by atoms with van der Waals surface area (Å²) in [5.41, 5.74) is 1.08. The monoisotopic (exact) mass is 293 g/mol. The molecule has 2 atom stereocenters. The highest BCUT2D eigenvalue weighted by molar-refractivity contribution is 5.70. The Labute approximate surface area is 125 Å². The van der Waals surface area contributed by atoms with Gasteiger partial charge in [0.25, 0.3) is 0 Å². The van der Waals surface area contributed by atoms with Crippen molar-refractivity contribution < 1.29 is 14.3 Å². The fourth-order valence-corrected chi connectivity index (χ4v) is 3.17. The molecule has 1 N–H and O–H groups in total. The highest BCUT2D eigenvalue weighted by Crippen LogP contribution is 2.29. The maximum atomic E-state index is 12.9. The van der Waals surface area contributed by atoms with Gasteiger partial charge < -0.3 is 5.11 Å². The van der Waals surface area contributed by atoms with E-state index in [0.717, 1.165) is 50.9 Å². The molecule has 1 unspecified atom stereocenters. The van der Waals surface area contributed by atoms with E-state index < -0.39 is 5.97 Å². The lowest BCUT2D eigenvalue weighted by Gasteiger charge is -2.20. The summed E-state index contributed by atoms with van der Waals surface area (Å²) in [5.74, 6) is -0.849. The van der Waals surface area contributed by atoms with Gasteiger partial charge in [-0.2, -0.15) is 0 Å². The normalized spacial score (nSPS) is 20.6. The molecule has 21 heavy (non-hydrogen) atoms. The van der Waals surface area contributed by atoms with Crippen LogP contribution in [-0.2, 0) is 11.3 Å². The second-order valence-corrected chi connectivity index (χ2v) is 6.00. The van der Waals surface area contributed by atoms with Gasteiger partial charge in [-0.3, -0.25) is 9.69 Å². The number of hydrogen-bond donors (Lipinski definition) is 1. The van der Waals surface area contributed by atoms with E-state index in [-0.39, 0.29) is 17.7 Å². The number of unbranched alkanes of at least 4 members (excludes halogenated alkanes) is 1. The number of carboxylic acids is 1. The van der Waals surface area contributed by atoms with E-state index in [1.165, 1.54) is 12.1 Å². The van der Waals surface area contributed by atoms with Gasteiger partial charge in [-0.15, -0.1) is 0 Å². The number of carboxylic acid groups (broad SMARTS) is 1. The maximum Gasteiger partial charge on any atom is 0.306 e. The molecule has 0 radical (unpaired) electrons. The molecule has 4 heteroatoms. The maximum absolute atomic E-state index is 12.9. The van der Waals surface area contributed by atoms with Crippen molar-refractivity contribution in [2.75, 3.05) is 13.1 Å². The molecule has 1 heterocycles. The Morgan fingerprint density at radius 1 is 1.43 bits per heavy atom. The van der Waals surface area contributed by atoms with Crippen LogP contribution in [-0.4, -0.2) is 29.1 Å². The summed E-state index contributed by atoms with van der Waals surface area (Å²) in [5, 5.41) is 9.41. The quantitative estimate of drug-likeness (QED) is 0.836. The van der Waals surface area contributed by atoms with Gasteiger partial charge >= 0.3 is 5.97 Å². The molecule has 2 rings (SSSR count). The lowest BCUT2D eigenvalue weighted by atomic mass is 9.87. The zero-order valence-corrected chi connectivity index (χ0v) is 12.6. The SMILES string of the molecule is CCCCC(C(=O)O)[C@H]1CCN(Cc2ccc(F)cc2)C1. The molecule has 1 saturated heterocycles. The molecule has 0 spiro atoms. The molecule has 0 aromatic heterocycles. The first-order valence-corrected chi connectivity index (χ1v) is 7.79. The number of benzene rings is 1. The number of nitrogens with zero attached hydrogens (tertiary/aromatic N) is 1. The van der Waals surface area contributed by atoms with Crippen LogP contribution in [0.5, 0.6) is 0 Å². The number of likely N-dealkylation sites (tertiary alicyclic amines) is 1. The number of aliphatic carboxylic acids is 1. The zero-order chi connectivity index (χ0) is 15.2. The zero-order valence-electron chi connectivity index (χ0n) is 12.6. The van der Waals surface area contributed by atoms with Gasteiger partial charge in [0.2, 0.25) is 0 Å². The highest BCUT2D eigenvalue weighted by atomic mass is 19.1. The van der Waals surface area contributed by atoms with Crippen molar-refractivity contribution in [3.8, 4) is 0 Å². The highest BCUT2D eigenvalue weighted by Gasteiger charge is 2.33. The Balaban J connectivity index is 1.89. The van der Waals surface area contributed by atoms with Crippen LogP contribution < -0.4 is 0 Å². The predicted octanol–water partition coefficient (Wildman–Crippen LogP) is 3.54. The van der Waals surface area contributed by atoms with E-state index in [1.54, 1.807) is 12.1 Å². The van der Waals surface area contributed by atoms with E-state index in [4.69, 9.17) is 0 Å². The molecule has 116 valence electrons. The third-order valence-corrected chi connectivity index (χ3v) is 4.38. The van der Waals surface area contributed by atoms with Crippen LogP contribution in [0.1, 0.15) is 38.2 Å². The van der Waals surface area contributed by atoms with E-state index >= 15 is 0 Å². The first kappa shape index (κ1) is 16.0. The van der Waals surface area contributed by atoms with Crippen molar-refractivity contribution in [2.45, 2.75) is 39.2 Å². The van der Waals surface area contributed by atoms with Gasteiger partial charge in [0.05, 0.1) is 5.92 Å². The van der Waals surface area contributed by atoms with E-state index in [9.17, 15) is 14.3 Å². The fraction of sp³-hybridized carbons (Fsp3) is 0.588. The minimum atomic E-state index is -0.655. The molecular weight excluding hydrogens is 269 g/mol. The summed E-state index contributed by atoms with van der Waals surface area (Å²) in [6, 6.07) is 6.55. The minimum Gasteiger partial charge on any atom is -0.481 e. The van der Waals surface area contributed by atoms with E-state index in [2.05, 4.69) is 11.8 Å². The second kappa shape index (κ2) is 7.55. The van der Waals surface area contributed by atoms with Crippen molar-refractivity contribution in [1.82, 2.24) is 4.90 Å². The Bertz CT molecular complexity index is 460. The predicted molar refractivity (Wildman–Crippen MR) is 80.4 cm³/mol. The molecule has 0 saturated carbocycles. The third-order valence-electron chi connectivity index (χ3n) is 4.38. The number of rotatable bonds is 7. The smallest absolute Gasteiger partial charge is 0.306 e. The Hall–Kier alpha value is -1.42. The van der Waals surface area contributed by atoms with Crippen LogP contribution in [0, 0.1) is 17.7 Å². The van der Waals surface area contributed by atoms with Gasteiger partial charge in [-0.1, -0.05) is 31.9 Å². The van der Waals surface area contributed by atoms with Crippen molar-refractivity contribution in [1.29, 1.82) is 0 Å². The van der Waals surface area contributed by atoms with Crippen molar-refractivity contribution in [3.05, 3.63) is 35.6 Å². The third kappa shape index (κ3) is 4.53. The van der Waals surface area contributed by atoms with Crippen LogP contribution in [0.4, 0.5) is 4.39 Å². The summed E-state index contributed by atoms with van der Waals surface area (Å²) >= 11 is 0. The van der Waals surface area contributed by atoms with Crippen LogP contribution >= 0.6 is 0 Å². The topological polar surface area (TPSA) is 40.5 Å². The molecular formula is C17H24FNO2. The van der Waals surface area contributed by atoms with Crippen LogP contribution in [0.25, 0.3) is 0 Å². The van der Waals surface area contributed by atoms with E-state index in [1.807, 2.05) is 0 Å². The molecule has 1 aliphatic rings. The summed E-state index contributed by atoms with van der Waals surface area (Å²) in [7, 11) is 0. The lowest BCUT2D eigenvalue weighted by molar-refractivity contribution is -0.143. The van der Waals surface area contributed by atoms with Gasteiger partial charge in [-0.05, 0) is 43.0 Å². The molecule has 0 bridgehead atoms. The van der Waals surface area contributed by atoms with Gasteiger partial charge in [-0.25, -0.2) is 4.39 Å². The Morgan fingerprint density at radius 2 is 2.14 bits per heavy atom. The molecule has 1 aromatic rings. The molecule has 1 fully saturated rings. The molecule has 0 aliphatic carbocycles. The average Bonchev–Trinajstić information content (AvgIpc) is 2.90. The van der Waals surface area contributed by atoms with Gasteiger partial charge in [0.15, 0.2) is 0 Å². The fourth-order valence-electron chi connectivity index (χ4n) is 3.17. The van der Waals surface area contributed by atoms with Crippen LogP contribution in [0.15, 0.2) is 24.3 Å². The summed E-state index contributed by atoms with van der Waals surface area (Å²) in [6.07, 6.45) is 3.74.